The van der Waals surface area contributed by atoms with Crippen LogP contribution in [-0.4, -0.2) is 33.5 Å². The molecular weight excluding hydrogens is 284 g/mol. The molecule has 0 amide bonds. The quantitative estimate of drug-likeness (QED) is 0.727. The number of hydrogen-bond donors (Lipinski definition) is 0. The predicted octanol–water partition coefficient (Wildman–Crippen LogP) is 2.94. The van der Waals surface area contributed by atoms with Crippen molar-refractivity contribution >= 4 is 27.9 Å². The fraction of sp³-hybridized carbons (Fsp3) is 0.267. The van der Waals surface area contributed by atoms with Crippen LogP contribution in [0.25, 0.3) is 16.6 Å². The number of benzene rings is 1. The highest BCUT2D eigenvalue weighted by atomic mass is 32.1. The van der Waals surface area contributed by atoms with Gasteiger partial charge in [-0.2, -0.15) is 9.61 Å². The van der Waals surface area contributed by atoms with Crippen LogP contribution in [0.5, 0.6) is 0 Å². The average molecular weight is 300 g/mol. The van der Waals surface area contributed by atoms with Crippen molar-refractivity contribution in [1.29, 1.82) is 0 Å². The minimum absolute atomic E-state index is 0.618. The number of nitrogens with zero attached hydrogens (tertiary/aromatic N) is 4. The summed E-state index contributed by atoms with van der Waals surface area (Å²) in [6, 6.07) is 10.3. The second kappa shape index (κ2) is 6.15. The Morgan fingerprint density at radius 3 is 2.86 bits per heavy atom. The van der Waals surface area contributed by atoms with E-state index >= 15 is 0 Å². The molecule has 0 fully saturated rings. The number of ether oxygens (including phenoxy) is 1. The van der Waals surface area contributed by atoms with Gasteiger partial charge in [0.1, 0.15) is 5.01 Å². The largest absolute Gasteiger partial charge is 0.384 e. The first-order valence-corrected chi connectivity index (χ1v) is 7.53. The first-order chi connectivity index (χ1) is 10.3. The van der Waals surface area contributed by atoms with E-state index in [2.05, 4.69) is 40.4 Å². The van der Waals surface area contributed by atoms with E-state index in [1.807, 2.05) is 18.2 Å². The zero-order valence-corrected chi connectivity index (χ0v) is 12.8. The molecule has 21 heavy (non-hydrogen) atoms. The number of fused-ring (bicyclic) bond motifs is 1. The van der Waals surface area contributed by atoms with Crippen molar-refractivity contribution in [2.75, 3.05) is 13.7 Å². The summed E-state index contributed by atoms with van der Waals surface area (Å²) >= 11 is 1.54. The monoisotopic (exact) mass is 300 g/mol. The minimum atomic E-state index is 0.618. The third-order valence-corrected chi connectivity index (χ3v) is 4.02. The third-order valence-electron chi connectivity index (χ3n) is 3.17. The topological polar surface area (TPSA) is 52.3 Å². The molecule has 0 aliphatic heterocycles. The van der Waals surface area contributed by atoms with Crippen LogP contribution < -0.4 is 0 Å². The molecule has 0 spiro atoms. The Morgan fingerprint density at radius 2 is 2.10 bits per heavy atom. The number of rotatable bonds is 5. The Kier molecular flexibility index (Phi) is 4.08. The van der Waals surface area contributed by atoms with E-state index in [-0.39, 0.29) is 0 Å². The van der Waals surface area contributed by atoms with Gasteiger partial charge in [-0.25, -0.2) is 0 Å². The highest BCUT2D eigenvalue weighted by molar-refractivity contribution is 7.17. The lowest BCUT2D eigenvalue weighted by Gasteiger charge is -1.99. The second-order valence-electron chi connectivity index (χ2n) is 4.69. The molecule has 3 aromatic rings. The van der Waals surface area contributed by atoms with Crippen molar-refractivity contribution in [1.82, 2.24) is 19.8 Å². The van der Waals surface area contributed by atoms with E-state index in [0.717, 1.165) is 15.8 Å². The van der Waals surface area contributed by atoms with Gasteiger partial charge in [0, 0.05) is 13.5 Å². The first-order valence-electron chi connectivity index (χ1n) is 6.71. The molecular formula is C15H16N4OS. The van der Waals surface area contributed by atoms with Gasteiger partial charge in [-0.15, -0.1) is 10.2 Å². The molecule has 2 aromatic heterocycles. The first kappa shape index (κ1) is 13.9. The summed E-state index contributed by atoms with van der Waals surface area (Å²) in [5, 5.41) is 13.8. The molecule has 3 rings (SSSR count). The lowest BCUT2D eigenvalue weighted by molar-refractivity contribution is 0.200. The van der Waals surface area contributed by atoms with Crippen molar-refractivity contribution in [3.63, 3.8) is 0 Å². The van der Waals surface area contributed by atoms with Crippen LogP contribution in [-0.2, 0) is 11.2 Å². The molecule has 0 N–H and O–H groups in total. The second-order valence-corrected chi connectivity index (χ2v) is 5.67. The van der Waals surface area contributed by atoms with Crippen molar-refractivity contribution < 1.29 is 4.74 Å². The molecule has 0 bridgehead atoms. The Hall–Kier alpha value is -2.05. The van der Waals surface area contributed by atoms with Gasteiger partial charge < -0.3 is 4.74 Å². The van der Waals surface area contributed by atoms with Gasteiger partial charge in [-0.05, 0) is 24.1 Å². The summed E-state index contributed by atoms with van der Waals surface area (Å²) in [6.45, 7) is 2.70. The number of aromatic nitrogens is 4. The molecule has 0 saturated heterocycles. The summed E-state index contributed by atoms with van der Waals surface area (Å²) < 4.78 is 6.88. The van der Waals surface area contributed by atoms with E-state index in [1.54, 1.807) is 11.6 Å². The van der Waals surface area contributed by atoms with E-state index in [1.165, 1.54) is 22.5 Å². The summed E-state index contributed by atoms with van der Waals surface area (Å²) in [4.78, 5) is 0.813. The average Bonchev–Trinajstić information content (AvgIpc) is 3.06. The maximum atomic E-state index is 5.08. The minimum Gasteiger partial charge on any atom is -0.384 e. The van der Waals surface area contributed by atoms with E-state index in [4.69, 9.17) is 4.74 Å². The molecule has 1 aromatic carbocycles. The highest BCUT2D eigenvalue weighted by Crippen LogP contribution is 2.21. The number of hydrogen-bond acceptors (Lipinski definition) is 5. The van der Waals surface area contributed by atoms with Gasteiger partial charge in [0.25, 0.3) is 0 Å². The van der Waals surface area contributed by atoms with Crippen LogP contribution in [0.4, 0.5) is 0 Å². The standard InChI is InChI=1S/C15H16N4OS/c1-11(12-6-4-3-5-7-12)10-14-18-19-13(8-9-20-2)16-17-15(19)21-14/h3-7,10H,8-9H2,1-2H3/b11-10-. The number of methoxy groups -OCH3 is 1. The van der Waals surface area contributed by atoms with Crippen molar-refractivity contribution in [3.8, 4) is 0 Å². The van der Waals surface area contributed by atoms with E-state index in [0.29, 0.717) is 13.0 Å². The van der Waals surface area contributed by atoms with Crippen LogP contribution in [0.15, 0.2) is 30.3 Å². The Morgan fingerprint density at radius 1 is 1.29 bits per heavy atom. The Bertz CT molecular complexity index is 760. The molecule has 0 unspecified atom stereocenters. The lowest BCUT2D eigenvalue weighted by Crippen LogP contribution is -2.01. The zero-order valence-electron chi connectivity index (χ0n) is 12.0. The molecule has 2 heterocycles. The maximum absolute atomic E-state index is 5.08. The molecule has 0 saturated carbocycles. The summed E-state index contributed by atoms with van der Waals surface area (Å²) in [5.74, 6) is 0.833. The normalized spacial score (nSPS) is 12.2. The summed E-state index contributed by atoms with van der Waals surface area (Å²) in [5.41, 5.74) is 2.38. The molecule has 5 nitrogen and oxygen atoms in total. The summed E-state index contributed by atoms with van der Waals surface area (Å²) in [6.07, 6.45) is 2.79. The highest BCUT2D eigenvalue weighted by Gasteiger charge is 2.10. The van der Waals surface area contributed by atoms with Crippen LogP contribution >= 0.6 is 11.3 Å². The third kappa shape index (κ3) is 3.01. The Balaban J connectivity index is 1.89. The van der Waals surface area contributed by atoms with Crippen molar-refractivity contribution in [2.45, 2.75) is 13.3 Å². The van der Waals surface area contributed by atoms with Crippen molar-refractivity contribution in [3.05, 3.63) is 46.7 Å². The van der Waals surface area contributed by atoms with Gasteiger partial charge in [0.2, 0.25) is 4.96 Å². The summed E-state index contributed by atoms with van der Waals surface area (Å²) in [7, 11) is 1.68. The molecule has 0 atom stereocenters. The van der Waals surface area contributed by atoms with Gasteiger partial charge in [0.15, 0.2) is 5.82 Å². The van der Waals surface area contributed by atoms with Crippen LogP contribution in [0.2, 0.25) is 0 Å². The zero-order chi connectivity index (χ0) is 14.7. The predicted molar refractivity (Wildman–Crippen MR) is 84.2 cm³/mol. The molecule has 0 aliphatic rings. The molecule has 6 heteroatoms. The lowest BCUT2D eigenvalue weighted by atomic mass is 10.1. The molecule has 0 aliphatic carbocycles. The van der Waals surface area contributed by atoms with E-state index < -0.39 is 0 Å². The smallest absolute Gasteiger partial charge is 0.234 e. The SMILES string of the molecule is COCCc1nnc2sc(/C=C(/C)c3ccccc3)nn12. The molecule has 0 radical (unpaired) electrons. The van der Waals surface area contributed by atoms with Gasteiger partial charge in [0.05, 0.1) is 6.61 Å². The van der Waals surface area contributed by atoms with Crippen LogP contribution in [0.3, 0.4) is 0 Å². The molecule has 108 valence electrons. The van der Waals surface area contributed by atoms with Crippen LogP contribution in [0.1, 0.15) is 23.3 Å². The van der Waals surface area contributed by atoms with Gasteiger partial charge in [-0.3, -0.25) is 0 Å². The van der Waals surface area contributed by atoms with E-state index in [9.17, 15) is 0 Å². The van der Waals surface area contributed by atoms with Crippen molar-refractivity contribution in [2.24, 2.45) is 0 Å². The maximum Gasteiger partial charge on any atom is 0.234 e. The number of allylic oxidation sites excluding steroid dienone is 1. The fourth-order valence-electron chi connectivity index (χ4n) is 2.05. The van der Waals surface area contributed by atoms with Crippen LogP contribution in [0, 0.1) is 0 Å². The fourth-order valence-corrected chi connectivity index (χ4v) is 2.91. The van der Waals surface area contributed by atoms with Gasteiger partial charge in [-0.1, -0.05) is 41.7 Å². The van der Waals surface area contributed by atoms with Gasteiger partial charge >= 0.3 is 0 Å². The Labute approximate surface area is 126 Å².